The van der Waals surface area contributed by atoms with Gasteiger partial charge >= 0.3 is 0 Å². The van der Waals surface area contributed by atoms with Gasteiger partial charge in [0.2, 0.25) is 5.91 Å². The number of carbonyl (C=O) groups is 1. The van der Waals surface area contributed by atoms with Gasteiger partial charge in [0, 0.05) is 31.0 Å². The fourth-order valence-electron chi connectivity index (χ4n) is 4.17. The normalized spacial score (nSPS) is 25.2. The topological polar surface area (TPSA) is 50.2 Å². The van der Waals surface area contributed by atoms with Gasteiger partial charge in [0.1, 0.15) is 0 Å². The van der Waals surface area contributed by atoms with Gasteiger partial charge in [-0.1, -0.05) is 36.8 Å². The van der Waals surface area contributed by atoms with Gasteiger partial charge in [0.05, 0.1) is 0 Å². The Labute approximate surface area is 142 Å². The van der Waals surface area contributed by atoms with Crippen LogP contribution in [0.1, 0.15) is 37.3 Å². The predicted molar refractivity (Wildman–Crippen MR) is 92.6 cm³/mol. The first-order valence-corrected chi connectivity index (χ1v) is 8.91. The average Bonchev–Trinajstić information content (AvgIpc) is 3.27. The van der Waals surface area contributed by atoms with Crippen molar-refractivity contribution < 1.29 is 4.79 Å². The van der Waals surface area contributed by atoms with Crippen molar-refractivity contribution in [2.45, 2.75) is 43.8 Å². The van der Waals surface area contributed by atoms with Crippen molar-refractivity contribution in [1.82, 2.24) is 20.0 Å². The zero-order valence-electron chi connectivity index (χ0n) is 13.8. The molecule has 1 N–H and O–H groups in total. The van der Waals surface area contributed by atoms with Crippen molar-refractivity contribution in [3.05, 3.63) is 54.4 Å². The third kappa shape index (κ3) is 2.96. The molecule has 0 bridgehead atoms. The molecule has 2 aromatic rings. The highest BCUT2D eigenvalue weighted by molar-refractivity contribution is 5.83. The van der Waals surface area contributed by atoms with Crippen LogP contribution < -0.4 is 5.32 Å². The standard InChI is InChI=1S/C19H24N4O/c24-19(21-16-10-14-22-12-5-4-9-17(16)22)18(23-13-6-11-20-23)15-7-2-1-3-8-15/h1-3,6-8,11,13,16-18H,4-5,9-10,12,14H2,(H,21,24)/t16-,17-,18+/m1/s1. The molecular weight excluding hydrogens is 300 g/mol. The minimum atomic E-state index is -0.404. The fourth-order valence-corrected chi connectivity index (χ4v) is 4.17. The predicted octanol–water partition coefficient (Wildman–Crippen LogP) is 2.22. The van der Waals surface area contributed by atoms with E-state index in [2.05, 4.69) is 15.3 Å². The van der Waals surface area contributed by atoms with Crippen LogP contribution in [0.3, 0.4) is 0 Å². The van der Waals surface area contributed by atoms with E-state index in [-0.39, 0.29) is 11.9 Å². The molecule has 3 heterocycles. The van der Waals surface area contributed by atoms with E-state index in [4.69, 9.17) is 0 Å². The lowest BCUT2D eigenvalue weighted by molar-refractivity contribution is -0.124. The summed E-state index contributed by atoms with van der Waals surface area (Å²) >= 11 is 0. The molecule has 4 rings (SSSR count). The summed E-state index contributed by atoms with van der Waals surface area (Å²) in [5.74, 6) is 0.0438. The number of nitrogens with one attached hydrogen (secondary N) is 1. The largest absolute Gasteiger partial charge is 0.350 e. The number of hydrogen-bond acceptors (Lipinski definition) is 3. The van der Waals surface area contributed by atoms with Gasteiger partial charge in [-0.2, -0.15) is 5.10 Å². The molecule has 0 spiro atoms. The van der Waals surface area contributed by atoms with E-state index < -0.39 is 6.04 Å². The summed E-state index contributed by atoms with van der Waals surface area (Å²) in [6, 6.07) is 12.1. The molecule has 2 aliphatic heterocycles. The number of rotatable bonds is 4. The van der Waals surface area contributed by atoms with Crippen LogP contribution in [0.4, 0.5) is 0 Å². The van der Waals surface area contributed by atoms with E-state index in [1.807, 2.05) is 42.6 Å². The van der Waals surface area contributed by atoms with Crippen LogP contribution >= 0.6 is 0 Å². The van der Waals surface area contributed by atoms with Crippen molar-refractivity contribution >= 4 is 5.91 Å². The van der Waals surface area contributed by atoms with Crippen LogP contribution in [0.5, 0.6) is 0 Å². The first-order valence-electron chi connectivity index (χ1n) is 8.91. The quantitative estimate of drug-likeness (QED) is 0.938. The van der Waals surface area contributed by atoms with Crippen molar-refractivity contribution in [3.8, 4) is 0 Å². The molecule has 0 saturated carbocycles. The molecule has 5 heteroatoms. The molecule has 5 nitrogen and oxygen atoms in total. The minimum absolute atomic E-state index is 0.0438. The average molecular weight is 324 g/mol. The van der Waals surface area contributed by atoms with Crippen molar-refractivity contribution in [3.63, 3.8) is 0 Å². The maximum absolute atomic E-state index is 13.1. The van der Waals surface area contributed by atoms with Gasteiger partial charge in [-0.05, 0) is 37.4 Å². The molecule has 1 aromatic heterocycles. The monoisotopic (exact) mass is 324 g/mol. The Morgan fingerprint density at radius 2 is 2.00 bits per heavy atom. The third-order valence-corrected chi connectivity index (χ3v) is 5.34. The number of benzene rings is 1. The van der Waals surface area contributed by atoms with E-state index in [0.29, 0.717) is 6.04 Å². The molecule has 2 fully saturated rings. The number of fused-ring (bicyclic) bond motifs is 1. The number of nitrogens with zero attached hydrogens (tertiary/aromatic N) is 3. The van der Waals surface area contributed by atoms with Gasteiger partial charge in [0.25, 0.3) is 0 Å². The zero-order chi connectivity index (χ0) is 16.4. The first kappa shape index (κ1) is 15.4. The maximum atomic E-state index is 13.1. The van der Waals surface area contributed by atoms with Gasteiger partial charge in [0.15, 0.2) is 6.04 Å². The van der Waals surface area contributed by atoms with Crippen LogP contribution in [-0.2, 0) is 4.79 Å². The summed E-state index contributed by atoms with van der Waals surface area (Å²) < 4.78 is 1.75. The molecule has 1 amide bonds. The molecule has 126 valence electrons. The lowest BCUT2D eigenvalue weighted by Gasteiger charge is -2.33. The van der Waals surface area contributed by atoms with Crippen molar-refractivity contribution in [2.24, 2.45) is 0 Å². The Kier molecular flexibility index (Phi) is 4.34. The number of hydrogen-bond donors (Lipinski definition) is 1. The summed E-state index contributed by atoms with van der Waals surface area (Å²) in [5.41, 5.74) is 0.970. The second-order valence-electron chi connectivity index (χ2n) is 6.80. The summed E-state index contributed by atoms with van der Waals surface area (Å²) in [6.07, 6.45) is 8.39. The van der Waals surface area contributed by atoms with Crippen LogP contribution in [0.15, 0.2) is 48.8 Å². The summed E-state index contributed by atoms with van der Waals surface area (Å²) in [4.78, 5) is 15.6. The summed E-state index contributed by atoms with van der Waals surface area (Å²) in [6.45, 7) is 2.28. The lowest BCUT2D eigenvalue weighted by atomic mass is 9.98. The Hall–Kier alpha value is -2.14. The SMILES string of the molecule is O=C(N[C@@H]1CCN2CCCC[C@H]12)[C@H](c1ccccc1)n1cccn1. The second-order valence-corrected chi connectivity index (χ2v) is 6.80. The molecule has 1 aromatic carbocycles. The molecule has 3 atom stereocenters. The molecule has 0 aliphatic carbocycles. The second kappa shape index (κ2) is 6.77. The number of piperidine rings is 1. The smallest absolute Gasteiger partial charge is 0.249 e. The molecular formula is C19H24N4O. The van der Waals surface area contributed by atoms with Gasteiger partial charge in [-0.25, -0.2) is 0 Å². The Balaban J connectivity index is 1.54. The fraction of sp³-hybridized carbons (Fsp3) is 0.474. The van der Waals surface area contributed by atoms with Crippen LogP contribution in [0.25, 0.3) is 0 Å². The van der Waals surface area contributed by atoms with Crippen LogP contribution in [0, 0.1) is 0 Å². The van der Waals surface area contributed by atoms with E-state index in [0.717, 1.165) is 18.5 Å². The van der Waals surface area contributed by atoms with E-state index >= 15 is 0 Å². The number of aromatic nitrogens is 2. The maximum Gasteiger partial charge on any atom is 0.249 e. The van der Waals surface area contributed by atoms with E-state index in [1.54, 1.807) is 10.9 Å². The lowest BCUT2D eigenvalue weighted by Crippen LogP contribution is -2.48. The van der Waals surface area contributed by atoms with Crippen LogP contribution in [-0.4, -0.2) is 45.8 Å². The van der Waals surface area contributed by atoms with Gasteiger partial charge in [-0.15, -0.1) is 0 Å². The minimum Gasteiger partial charge on any atom is -0.350 e. The Morgan fingerprint density at radius 1 is 1.12 bits per heavy atom. The molecule has 24 heavy (non-hydrogen) atoms. The van der Waals surface area contributed by atoms with Gasteiger partial charge in [-0.3, -0.25) is 14.4 Å². The highest BCUT2D eigenvalue weighted by Crippen LogP contribution is 2.28. The number of carbonyl (C=O) groups excluding carboxylic acids is 1. The Morgan fingerprint density at radius 3 is 2.79 bits per heavy atom. The highest BCUT2D eigenvalue weighted by Gasteiger charge is 2.37. The van der Waals surface area contributed by atoms with Gasteiger partial charge < -0.3 is 5.32 Å². The zero-order valence-corrected chi connectivity index (χ0v) is 13.8. The highest BCUT2D eigenvalue weighted by atomic mass is 16.2. The molecule has 2 saturated heterocycles. The van der Waals surface area contributed by atoms with Crippen molar-refractivity contribution in [1.29, 1.82) is 0 Å². The molecule has 0 unspecified atom stereocenters. The Bertz CT molecular complexity index is 670. The summed E-state index contributed by atoms with van der Waals surface area (Å²) in [7, 11) is 0. The third-order valence-electron chi connectivity index (χ3n) is 5.34. The molecule has 0 radical (unpaired) electrons. The first-order chi connectivity index (χ1) is 11.8. The number of amides is 1. The van der Waals surface area contributed by atoms with E-state index in [9.17, 15) is 4.79 Å². The molecule has 2 aliphatic rings. The summed E-state index contributed by atoms with van der Waals surface area (Å²) in [5, 5.41) is 7.64. The van der Waals surface area contributed by atoms with Crippen LogP contribution in [0.2, 0.25) is 0 Å². The van der Waals surface area contributed by atoms with E-state index in [1.165, 1.54) is 25.8 Å². The van der Waals surface area contributed by atoms with Crippen molar-refractivity contribution in [2.75, 3.05) is 13.1 Å².